The van der Waals surface area contributed by atoms with Crippen LogP contribution in [0.2, 0.25) is 0 Å². The van der Waals surface area contributed by atoms with Gasteiger partial charge in [-0.1, -0.05) is 30.3 Å². The molecular weight excluding hydrogens is 486 g/mol. The molecule has 4 aromatic rings. The monoisotopic (exact) mass is 509 g/mol. The minimum absolute atomic E-state index is 0.00714. The summed E-state index contributed by atoms with van der Waals surface area (Å²) in [6, 6.07) is 16.4. The number of ether oxygens (including phenoxy) is 2. The molecule has 0 bridgehead atoms. The molecule has 0 unspecified atom stereocenters. The minimum Gasteiger partial charge on any atom is -0.468 e. The van der Waals surface area contributed by atoms with Crippen molar-refractivity contribution in [3.8, 4) is 0 Å². The second kappa shape index (κ2) is 11.1. The van der Waals surface area contributed by atoms with Crippen molar-refractivity contribution in [2.24, 2.45) is 0 Å². The normalized spacial score (nSPS) is 11.7. The van der Waals surface area contributed by atoms with Gasteiger partial charge in [0.05, 0.1) is 29.9 Å². The highest BCUT2D eigenvalue weighted by molar-refractivity contribution is 7.89. The molecule has 0 radical (unpaired) electrons. The zero-order valence-corrected chi connectivity index (χ0v) is 20.1. The molecule has 2 aromatic heterocycles. The maximum Gasteiger partial charge on any atom is 0.374 e. The van der Waals surface area contributed by atoms with Crippen LogP contribution in [0.25, 0.3) is 17.0 Å². The fourth-order valence-electron chi connectivity index (χ4n) is 3.38. The molecule has 0 aliphatic carbocycles. The Morgan fingerprint density at radius 3 is 2.50 bits per heavy atom. The number of fused-ring (bicyclic) bond motifs is 1. The topological polar surface area (TPSA) is 125 Å². The van der Waals surface area contributed by atoms with Gasteiger partial charge >= 0.3 is 11.9 Å². The Labute approximate surface area is 207 Å². The molecule has 0 amide bonds. The van der Waals surface area contributed by atoms with Crippen molar-refractivity contribution in [1.82, 2.24) is 4.72 Å². The smallest absolute Gasteiger partial charge is 0.374 e. The Hall–Kier alpha value is -4.15. The van der Waals surface area contributed by atoms with E-state index in [4.69, 9.17) is 18.3 Å². The van der Waals surface area contributed by atoms with E-state index in [1.165, 1.54) is 30.5 Å². The first kappa shape index (κ1) is 25.0. The maximum atomic E-state index is 12.4. The third kappa shape index (κ3) is 5.91. The second-order valence-corrected chi connectivity index (χ2v) is 9.31. The molecule has 2 heterocycles. The predicted molar refractivity (Wildman–Crippen MR) is 130 cm³/mol. The first-order valence-electron chi connectivity index (χ1n) is 11.0. The van der Waals surface area contributed by atoms with Crippen molar-refractivity contribution < 1.29 is 36.3 Å². The van der Waals surface area contributed by atoms with Gasteiger partial charge < -0.3 is 18.3 Å². The number of furan rings is 2. The first-order chi connectivity index (χ1) is 17.4. The first-order valence-corrected chi connectivity index (χ1v) is 12.5. The summed E-state index contributed by atoms with van der Waals surface area (Å²) < 4.78 is 48.4. The summed E-state index contributed by atoms with van der Waals surface area (Å²) in [6.45, 7) is 1.71. The Morgan fingerprint density at radius 1 is 1.00 bits per heavy atom. The summed E-state index contributed by atoms with van der Waals surface area (Å²) >= 11 is 0. The molecule has 1 N–H and O–H groups in total. The van der Waals surface area contributed by atoms with Gasteiger partial charge in [-0.2, -0.15) is 0 Å². The largest absolute Gasteiger partial charge is 0.468 e. The predicted octanol–water partition coefficient (Wildman–Crippen LogP) is 4.44. The van der Waals surface area contributed by atoms with Crippen molar-refractivity contribution in [2.75, 3.05) is 6.61 Å². The Morgan fingerprint density at radius 2 is 1.78 bits per heavy atom. The highest BCUT2D eigenvalue weighted by Crippen LogP contribution is 2.27. The number of para-hydroxylation sites is 1. The average Bonchev–Trinajstić information content (AvgIpc) is 3.53. The zero-order chi connectivity index (χ0) is 25.5. The number of benzene rings is 2. The molecule has 0 fully saturated rings. The van der Waals surface area contributed by atoms with E-state index in [1.807, 2.05) is 0 Å². The van der Waals surface area contributed by atoms with Crippen LogP contribution in [0.15, 0.2) is 86.7 Å². The van der Waals surface area contributed by atoms with E-state index < -0.39 is 22.0 Å². The fraction of sp³-hybridized carbons (Fsp3) is 0.154. The summed E-state index contributed by atoms with van der Waals surface area (Å²) in [4.78, 5) is 24.7. The highest BCUT2D eigenvalue weighted by Gasteiger charge is 2.22. The molecule has 9 nitrogen and oxygen atoms in total. The van der Waals surface area contributed by atoms with E-state index in [2.05, 4.69) is 4.72 Å². The number of hydrogen-bond acceptors (Lipinski definition) is 8. The van der Waals surface area contributed by atoms with Gasteiger partial charge in [-0.15, -0.1) is 0 Å². The zero-order valence-electron chi connectivity index (χ0n) is 19.3. The van der Waals surface area contributed by atoms with E-state index in [1.54, 1.807) is 55.5 Å². The molecule has 0 spiro atoms. The summed E-state index contributed by atoms with van der Waals surface area (Å²) in [5, 5.41) is 0.648. The Bertz CT molecular complexity index is 1480. The van der Waals surface area contributed by atoms with Gasteiger partial charge in [0.15, 0.2) is 0 Å². The standard InChI is InChI=1S/C26H23NO8S/c1-2-32-26(29)25-22(21-7-3-4-8-23(21)35-25)17-34-24(28)14-11-18-9-12-20(13-10-18)36(30,31)27-16-19-6-5-15-33-19/h3-15,27H,2,16-17H2,1H3. The van der Waals surface area contributed by atoms with Gasteiger partial charge in [-0.25, -0.2) is 22.7 Å². The van der Waals surface area contributed by atoms with Crippen LogP contribution >= 0.6 is 0 Å². The fourth-order valence-corrected chi connectivity index (χ4v) is 4.37. The quantitative estimate of drug-likeness (QED) is 0.246. The van der Waals surface area contributed by atoms with E-state index in [0.717, 1.165) is 0 Å². The van der Waals surface area contributed by atoms with Crippen molar-refractivity contribution in [3.05, 3.63) is 95.7 Å². The van der Waals surface area contributed by atoms with Crippen molar-refractivity contribution in [3.63, 3.8) is 0 Å². The lowest BCUT2D eigenvalue weighted by atomic mass is 10.1. The lowest BCUT2D eigenvalue weighted by molar-refractivity contribution is -0.138. The molecule has 10 heteroatoms. The molecule has 0 saturated carbocycles. The lowest BCUT2D eigenvalue weighted by Gasteiger charge is -2.06. The molecule has 2 aromatic carbocycles. The molecule has 0 atom stereocenters. The molecule has 0 aliphatic rings. The number of rotatable bonds is 10. The van der Waals surface area contributed by atoms with Crippen LogP contribution in [0.1, 0.15) is 34.4 Å². The molecule has 36 heavy (non-hydrogen) atoms. The minimum atomic E-state index is -3.72. The number of esters is 2. The van der Waals surface area contributed by atoms with Crippen molar-refractivity contribution in [2.45, 2.75) is 25.0 Å². The highest BCUT2D eigenvalue weighted by atomic mass is 32.2. The van der Waals surface area contributed by atoms with Gasteiger partial charge in [0.1, 0.15) is 18.0 Å². The van der Waals surface area contributed by atoms with Crippen LogP contribution in [0.3, 0.4) is 0 Å². The van der Waals surface area contributed by atoms with Crippen LogP contribution < -0.4 is 4.72 Å². The SMILES string of the molecule is CCOC(=O)c1oc2ccccc2c1COC(=O)C=Cc1ccc(S(=O)(=O)NCc2ccco2)cc1. The molecule has 0 aliphatic heterocycles. The summed E-state index contributed by atoms with van der Waals surface area (Å²) in [5.41, 5.74) is 1.50. The summed E-state index contributed by atoms with van der Waals surface area (Å²) in [7, 11) is -3.72. The Kier molecular flexibility index (Phi) is 7.67. The average molecular weight is 510 g/mol. The van der Waals surface area contributed by atoms with Crippen LogP contribution in [0.4, 0.5) is 0 Å². The van der Waals surface area contributed by atoms with E-state index >= 15 is 0 Å². The molecule has 4 rings (SSSR count). The number of sulfonamides is 1. The lowest BCUT2D eigenvalue weighted by Crippen LogP contribution is -2.22. The Balaban J connectivity index is 1.39. The molecule has 186 valence electrons. The van der Waals surface area contributed by atoms with Gasteiger partial charge in [0.25, 0.3) is 0 Å². The van der Waals surface area contributed by atoms with E-state index in [-0.39, 0.29) is 30.4 Å². The van der Waals surface area contributed by atoms with Crippen molar-refractivity contribution >= 4 is 39.0 Å². The third-order valence-corrected chi connectivity index (χ3v) is 6.55. The van der Waals surface area contributed by atoms with E-state index in [0.29, 0.717) is 27.9 Å². The van der Waals surface area contributed by atoms with E-state index in [9.17, 15) is 18.0 Å². The molecular formula is C26H23NO8S. The number of carbonyl (C=O) groups is 2. The molecule has 0 saturated heterocycles. The van der Waals surface area contributed by atoms with Gasteiger partial charge in [-0.05, 0) is 48.9 Å². The summed E-state index contributed by atoms with van der Waals surface area (Å²) in [6.07, 6.45) is 4.17. The van der Waals surface area contributed by atoms with Gasteiger partial charge in [0.2, 0.25) is 15.8 Å². The van der Waals surface area contributed by atoms with Crippen LogP contribution in [0.5, 0.6) is 0 Å². The third-order valence-electron chi connectivity index (χ3n) is 5.14. The van der Waals surface area contributed by atoms with Crippen LogP contribution in [-0.4, -0.2) is 27.0 Å². The summed E-state index contributed by atoms with van der Waals surface area (Å²) in [5.74, 6) is -0.794. The number of nitrogens with one attached hydrogen (secondary N) is 1. The number of carbonyl (C=O) groups excluding carboxylic acids is 2. The van der Waals surface area contributed by atoms with Gasteiger partial charge in [-0.3, -0.25) is 0 Å². The second-order valence-electron chi connectivity index (χ2n) is 7.54. The van der Waals surface area contributed by atoms with Gasteiger partial charge in [0, 0.05) is 11.5 Å². The van der Waals surface area contributed by atoms with Crippen molar-refractivity contribution in [1.29, 1.82) is 0 Å². The van der Waals surface area contributed by atoms with Crippen LogP contribution in [-0.2, 0) is 37.4 Å². The maximum absolute atomic E-state index is 12.4. The van der Waals surface area contributed by atoms with Crippen LogP contribution in [0, 0.1) is 0 Å². The number of hydrogen-bond donors (Lipinski definition) is 1.